The van der Waals surface area contributed by atoms with Crippen LogP contribution in [0.25, 0.3) is 28.3 Å². The molecule has 1 amide bonds. The van der Waals surface area contributed by atoms with Gasteiger partial charge in [0.25, 0.3) is 0 Å². The summed E-state index contributed by atoms with van der Waals surface area (Å²) in [7, 11) is 0. The van der Waals surface area contributed by atoms with Gasteiger partial charge in [0.05, 0.1) is 11.4 Å². The molecule has 180 valence electrons. The first kappa shape index (κ1) is 23.4. The summed E-state index contributed by atoms with van der Waals surface area (Å²) in [5.74, 6) is 0.0547. The Balaban J connectivity index is 1.38. The van der Waals surface area contributed by atoms with Crippen molar-refractivity contribution in [1.82, 2.24) is 29.9 Å². The first-order valence-electron chi connectivity index (χ1n) is 11.4. The minimum Gasteiger partial charge on any atom is -0.350 e. The van der Waals surface area contributed by atoms with Crippen molar-refractivity contribution >= 4 is 18.1 Å². The number of aryl methyl sites for hydroxylation is 1. The second kappa shape index (κ2) is 10.1. The van der Waals surface area contributed by atoms with Crippen LogP contribution in [0.4, 0.5) is 4.39 Å². The van der Waals surface area contributed by atoms with Crippen LogP contribution in [-0.2, 0) is 17.9 Å². The number of aromatic nitrogens is 5. The summed E-state index contributed by atoms with van der Waals surface area (Å²) in [6, 6.07) is 23.7. The van der Waals surface area contributed by atoms with Gasteiger partial charge in [-0.25, -0.2) is 9.07 Å². The molecule has 0 unspecified atom stereocenters. The fourth-order valence-corrected chi connectivity index (χ4v) is 4.16. The van der Waals surface area contributed by atoms with Crippen molar-refractivity contribution in [2.75, 3.05) is 0 Å². The number of carbonyl (C=O) groups is 1. The van der Waals surface area contributed by atoms with Crippen LogP contribution in [0.3, 0.4) is 0 Å². The van der Waals surface area contributed by atoms with Gasteiger partial charge in [-0.15, -0.1) is 0 Å². The summed E-state index contributed by atoms with van der Waals surface area (Å²) in [6.07, 6.45) is 1.87. The second-order valence-corrected chi connectivity index (χ2v) is 8.76. The van der Waals surface area contributed by atoms with Crippen molar-refractivity contribution in [2.45, 2.75) is 20.0 Å². The third kappa shape index (κ3) is 5.01. The van der Waals surface area contributed by atoms with Gasteiger partial charge in [-0.1, -0.05) is 42.0 Å². The molecule has 0 aliphatic heterocycles. The standard InChI is InChI=1S/C27H23FN6OS/c1-18-6-5-7-20(14-18)26-30-31-27(36)33(26)17-24(35)29-15-21-16-34(23-8-3-2-4-9-23)32-25(21)19-10-12-22(28)13-11-19/h2-14,16H,15,17H2,1H3,(H,29,35)(H,31,36). The largest absolute Gasteiger partial charge is 0.350 e. The van der Waals surface area contributed by atoms with Gasteiger partial charge < -0.3 is 5.32 Å². The highest BCUT2D eigenvalue weighted by atomic mass is 32.1. The molecule has 7 nitrogen and oxygen atoms in total. The minimum atomic E-state index is -0.322. The van der Waals surface area contributed by atoms with Crippen LogP contribution in [0.15, 0.2) is 85.1 Å². The van der Waals surface area contributed by atoms with Crippen molar-refractivity contribution in [3.8, 4) is 28.3 Å². The number of nitrogens with zero attached hydrogens (tertiary/aromatic N) is 4. The lowest BCUT2D eigenvalue weighted by Crippen LogP contribution is -2.27. The number of amides is 1. The molecule has 9 heteroatoms. The highest BCUT2D eigenvalue weighted by molar-refractivity contribution is 7.71. The van der Waals surface area contributed by atoms with Gasteiger partial charge >= 0.3 is 0 Å². The highest BCUT2D eigenvalue weighted by Crippen LogP contribution is 2.24. The summed E-state index contributed by atoms with van der Waals surface area (Å²) >= 11 is 5.38. The maximum absolute atomic E-state index is 13.5. The summed E-state index contributed by atoms with van der Waals surface area (Å²) in [5.41, 5.74) is 5.06. The number of rotatable bonds is 7. The molecule has 36 heavy (non-hydrogen) atoms. The van der Waals surface area contributed by atoms with Crippen LogP contribution in [0.1, 0.15) is 11.1 Å². The van der Waals surface area contributed by atoms with Gasteiger partial charge in [0.15, 0.2) is 10.6 Å². The number of hydrogen-bond acceptors (Lipinski definition) is 4. The smallest absolute Gasteiger partial charge is 0.240 e. The number of aromatic amines is 1. The van der Waals surface area contributed by atoms with Crippen molar-refractivity contribution in [3.63, 3.8) is 0 Å². The normalized spacial score (nSPS) is 10.9. The molecule has 0 atom stereocenters. The highest BCUT2D eigenvalue weighted by Gasteiger charge is 2.16. The molecule has 3 aromatic carbocycles. The van der Waals surface area contributed by atoms with E-state index in [1.165, 1.54) is 12.1 Å². The Morgan fingerprint density at radius 2 is 1.81 bits per heavy atom. The third-order valence-electron chi connectivity index (χ3n) is 5.74. The number of hydrogen-bond donors (Lipinski definition) is 2. The van der Waals surface area contributed by atoms with Crippen LogP contribution in [0.5, 0.6) is 0 Å². The zero-order valence-corrected chi connectivity index (χ0v) is 20.3. The number of H-pyrrole nitrogens is 1. The first-order valence-corrected chi connectivity index (χ1v) is 11.8. The lowest BCUT2D eigenvalue weighted by Gasteiger charge is -2.09. The van der Waals surface area contributed by atoms with E-state index in [2.05, 4.69) is 15.5 Å². The molecular formula is C27H23FN6OS. The Morgan fingerprint density at radius 1 is 1.03 bits per heavy atom. The fourth-order valence-electron chi connectivity index (χ4n) is 3.97. The van der Waals surface area contributed by atoms with E-state index >= 15 is 0 Å². The van der Waals surface area contributed by atoms with Gasteiger partial charge in [-0.3, -0.25) is 14.5 Å². The van der Waals surface area contributed by atoms with E-state index in [1.807, 2.05) is 67.7 Å². The lowest BCUT2D eigenvalue weighted by atomic mass is 10.1. The second-order valence-electron chi connectivity index (χ2n) is 8.37. The Hall–Kier alpha value is -4.37. The molecule has 2 heterocycles. The molecular weight excluding hydrogens is 475 g/mol. The maximum Gasteiger partial charge on any atom is 0.240 e. The van der Waals surface area contributed by atoms with E-state index in [9.17, 15) is 9.18 Å². The summed E-state index contributed by atoms with van der Waals surface area (Å²) in [5, 5.41) is 14.8. The van der Waals surface area contributed by atoms with Gasteiger partial charge in [-0.05, 0) is 61.6 Å². The summed E-state index contributed by atoms with van der Waals surface area (Å²) in [4.78, 5) is 13.0. The average molecular weight is 499 g/mol. The van der Waals surface area contributed by atoms with Crippen LogP contribution >= 0.6 is 12.2 Å². The van der Waals surface area contributed by atoms with Crippen LogP contribution in [0.2, 0.25) is 0 Å². The Labute approximate surface area is 212 Å². The topological polar surface area (TPSA) is 80.5 Å². The van der Waals surface area contributed by atoms with Crippen molar-refractivity contribution in [2.24, 2.45) is 0 Å². The van der Waals surface area contributed by atoms with Gasteiger partial charge in [-0.2, -0.15) is 10.2 Å². The third-order valence-corrected chi connectivity index (χ3v) is 6.05. The molecule has 0 spiro atoms. The van der Waals surface area contributed by atoms with Gasteiger partial charge in [0.2, 0.25) is 5.91 Å². The molecule has 0 aliphatic rings. The number of nitrogens with one attached hydrogen (secondary N) is 2. The molecule has 0 saturated heterocycles. The SMILES string of the molecule is Cc1cccc(-c2n[nH]c(=S)n2CC(=O)NCc2cn(-c3ccccc3)nc2-c2ccc(F)cc2)c1. The molecule has 5 aromatic rings. The van der Waals surface area contributed by atoms with Crippen molar-refractivity contribution < 1.29 is 9.18 Å². The van der Waals surface area contributed by atoms with E-state index in [0.717, 1.165) is 27.9 Å². The van der Waals surface area contributed by atoms with E-state index in [4.69, 9.17) is 17.3 Å². The molecule has 0 bridgehead atoms. The molecule has 5 rings (SSSR count). The number of para-hydroxylation sites is 1. The predicted molar refractivity (Wildman–Crippen MR) is 138 cm³/mol. The van der Waals surface area contributed by atoms with E-state index in [0.29, 0.717) is 16.3 Å². The maximum atomic E-state index is 13.5. The number of carbonyl (C=O) groups excluding carboxylic acids is 1. The zero-order valence-electron chi connectivity index (χ0n) is 19.5. The van der Waals surface area contributed by atoms with Crippen LogP contribution in [-0.4, -0.2) is 30.5 Å². The Morgan fingerprint density at radius 3 is 2.56 bits per heavy atom. The molecule has 0 saturated carbocycles. The van der Waals surface area contributed by atoms with Gasteiger partial charge in [0, 0.05) is 29.4 Å². The van der Waals surface area contributed by atoms with Crippen molar-refractivity contribution in [1.29, 1.82) is 0 Å². The van der Waals surface area contributed by atoms with Crippen LogP contribution < -0.4 is 5.32 Å². The van der Waals surface area contributed by atoms with Gasteiger partial charge in [0.1, 0.15) is 12.4 Å². The molecule has 0 aliphatic carbocycles. The lowest BCUT2D eigenvalue weighted by molar-refractivity contribution is -0.121. The van der Waals surface area contributed by atoms with E-state index in [-0.39, 0.29) is 24.8 Å². The molecule has 0 fully saturated rings. The molecule has 2 aromatic heterocycles. The molecule has 0 radical (unpaired) electrons. The summed E-state index contributed by atoms with van der Waals surface area (Å²) in [6.45, 7) is 2.25. The number of benzene rings is 3. The Bertz CT molecular complexity index is 1570. The molecule has 2 N–H and O–H groups in total. The zero-order chi connectivity index (χ0) is 25.1. The van der Waals surface area contributed by atoms with E-state index in [1.54, 1.807) is 21.4 Å². The monoisotopic (exact) mass is 498 g/mol. The van der Waals surface area contributed by atoms with E-state index < -0.39 is 0 Å². The predicted octanol–water partition coefficient (Wildman–Crippen LogP) is 5.22. The van der Waals surface area contributed by atoms with Crippen molar-refractivity contribution in [3.05, 3.63) is 107 Å². The average Bonchev–Trinajstić information content (AvgIpc) is 3.48. The quantitative estimate of drug-likeness (QED) is 0.301. The summed E-state index contributed by atoms with van der Waals surface area (Å²) < 4.78 is 17.3. The fraction of sp³-hybridized carbons (Fsp3) is 0.111. The Kier molecular flexibility index (Phi) is 6.55. The number of halogens is 1. The minimum absolute atomic E-state index is 0.0112. The van der Waals surface area contributed by atoms with Crippen LogP contribution in [0, 0.1) is 17.5 Å². The first-order chi connectivity index (χ1) is 17.5.